The lowest BCUT2D eigenvalue weighted by Gasteiger charge is -2.26. The molecule has 0 aromatic heterocycles. The third kappa shape index (κ3) is 2.84. The summed E-state index contributed by atoms with van der Waals surface area (Å²) in [4.78, 5) is 14.1. The Labute approximate surface area is 109 Å². The van der Waals surface area contributed by atoms with Crippen molar-refractivity contribution in [2.24, 2.45) is 11.3 Å². The minimum absolute atomic E-state index is 0.0258. The fraction of sp³-hybridized carbons (Fsp3) is 0.923. The number of nitrogens with zero attached hydrogens (tertiary/aromatic N) is 1. The molecule has 0 aliphatic carbocycles. The SMILES string of the molecule is CC(C)(C)NC(=O)CN1CC2CNCC2(CO)C1. The molecule has 2 aliphatic heterocycles. The molecule has 2 aliphatic rings. The van der Waals surface area contributed by atoms with Crippen LogP contribution in [0.5, 0.6) is 0 Å². The van der Waals surface area contributed by atoms with Crippen LogP contribution in [0.2, 0.25) is 0 Å². The number of hydrogen-bond donors (Lipinski definition) is 3. The van der Waals surface area contributed by atoms with Crippen molar-refractivity contribution in [3.05, 3.63) is 0 Å². The van der Waals surface area contributed by atoms with Gasteiger partial charge in [0.05, 0.1) is 13.2 Å². The lowest BCUT2D eigenvalue weighted by Crippen LogP contribution is -2.46. The van der Waals surface area contributed by atoms with Gasteiger partial charge in [0.1, 0.15) is 0 Å². The fourth-order valence-corrected chi connectivity index (χ4v) is 3.14. The maximum absolute atomic E-state index is 11.9. The Balaban J connectivity index is 1.88. The van der Waals surface area contributed by atoms with Crippen LogP contribution >= 0.6 is 0 Å². The summed E-state index contributed by atoms with van der Waals surface area (Å²) in [5.41, 5.74) is -0.203. The number of nitrogens with one attached hydrogen (secondary N) is 2. The molecule has 2 heterocycles. The molecule has 2 rings (SSSR count). The zero-order chi connectivity index (χ0) is 13.4. The number of aliphatic hydroxyl groups is 1. The first kappa shape index (κ1) is 13.8. The average Bonchev–Trinajstić information content (AvgIpc) is 2.70. The van der Waals surface area contributed by atoms with Gasteiger partial charge in [0.15, 0.2) is 0 Å². The van der Waals surface area contributed by atoms with Gasteiger partial charge >= 0.3 is 0 Å². The molecule has 5 heteroatoms. The van der Waals surface area contributed by atoms with E-state index < -0.39 is 0 Å². The monoisotopic (exact) mass is 255 g/mol. The van der Waals surface area contributed by atoms with Crippen molar-refractivity contribution in [2.75, 3.05) is 39.3 Å². The topological polar surface area (TPSA) is 64.6 Å². The van der Waals surface area contributed by atoms with Crippen molar-refractivity contribution in [1.29, 1.82) is 0 Å². The Morgan fingerprint density at radius 1 is 1.56 bits per heavy atom. The smallest absolute Gasteiger partial charge is 0.234 e. The van der Waals surface area contributed by atoms with E-state index in [-0.39, 0.29) is 23.5 Å². The van der Waals surface area contributed by atoms with Crippen LogP contribution in [0.25, 0.3) is 0 Å². The van der Waals surface area contributed by atoms with Crippen molar-refractivity contribution >= 4 is 5.91 Å². The molecule has 0 aromatic carbocycles. The molecule has 0 saturated carbocycles. The van der Waals surface area contributed by atoms with Gasteiger partial charge in [-0.15, -0.1) is 0 Å². The summed E-state index contributed by atoms with van der Waals surface area (Å²) in [5.74, 6) is 0.549. The molecule has 2 saturated heterocycles. The predicted molar refractivity (Wildman–Crippen MR) is 70.2 cm³/mol. The van der Waals surface area contributed by atoms with E-state index in [9.17, 15) is 9.90 Å². The quantitative estimate of drug-likeness (QED) is 0.631. The Kier molecular flexibility index (Phi) is 3.67. The van der Waals surface area contributed by atoms with Gasteiger partial charge in [0.25, 0.3) is 0 Å². The third-order valence-electron chi connectivity index (χ3n) is 3.95. The largest absolute Gasteiger partial charge is 0.396 e. The van der Waals surface area contributed by atoms with Gasteiger partial charge in [0.2, 0.25) is 5.91 Å². The van der Waals surface area contributed by atoms with Gasteiger partial charge in [-0.3, -0.25) is 9.69 Å². The Morgan fingerprint density at radius 3 is 2.83 bits per heavy atom. The summed E-state index contributed by atoms with van der Waals surface area (Å²) in [7, 11) is 0. The van der Waals surface area contributed by atoms with Crippen LogP contribution in [0.3, 0.4) is 0 Å². The van der Waals surface area contributed by atoms with Crippen LogP contribution in [0, 0.1) is 11.3 Å². The molecule has 0 spiro atoms. The third-order valence-corrected chi connectivity index (χ3v) is 3.95. The molecule has 2 unspecified atom stereocenters. The molecule has 3 N–H and O–H groups in total. The van der Waals surface area contributed by atoms with E-state index in [1.807, 2.05) is 20.8 Å². The average molecular weight is 255 g/mol. The number of aliphatic hydroxyl groups excluding tert-OH is 1. The van der Waals surface area contributed by atoms with E-state index in [1.165, 1.54) is 0 Å². The number of likely N-dealkylation sites (tertiary alicyclic amines) is 1. The lowest BCUT2D eigenvalue weighted by atomic mass is 9.82. The van der Waals surface area contributed by atoms with Crippen molar-refractivity contribution < 1.29 is 9.90 Å². The molecule has 2 atom stereocenters. The highest BCUT2D eigenvalue weighted by molar-refractivity contribution is 5.78. The standard InChI is InChI=1S/C13H25N3O2/c1-12(2,3)15-11(18)6-16-5-10-4-14-7-13(10,8-16)9-17/h10,14,17H,4-9H2,1-3H3,(H,15,18). The molecule has 18 heavy (non-hydrogen) atoms. The number of carbonyl (C=O) groups excluding carboxylic acids is 1. The first-order valence-corrected chi connectivity index (χ1v) is 6.70. The van der Waals surface area contributed by atoms with Gasteiger partial charge in [0, 0.05) is 30.6 Å². The molecule has 5 nitrogen and oxygen atoms in total. The zero-order valence-corrected chi connectivity index (χ0v) is 11.6. The summed E-state index contributed by atoms with van der Waals surface area (Å²) in [6.07, 6.45) is 0. The minimum atomic E-state index is -0.178. The zero-order valence-electron chi connectivity index (χ0n) is 11.6. The molecule has 0 radical (unpaired) electrons. The normalized spacial score (nSPS) is 32.6. The van der Waals surface area contributed by atoms with E-state index in [0.717, 1.165) is 26.2 Å². The maximum atomic E-state index is 11.9. The highest BCUT2D eigenvalue weighted by atomic mass is 16.3. The molecular weight excluding hydrogens is 230 g/mol. The van der Waals surface area contributed by atoms with Crippen LogP contribution in [0.4, 0.5) is 0 Å². The van der Waals surface area contributed by atoms with E-state index in [4.69, 9.17) is 0 Å². The maximum Gasteiger partial charge on any atom is 0.234 e. The number of hydrogen-bond acceptors (Lipinski definition) is 4. The first-order chi connectivity index (χ1) is 8.35. The number of rotatable bonds is 3. The summed E-state index contributed by atoms with van der Waals surface area (Å²) in [5, 5.41) is 15.9. The summed E-state index contributed by atoms with van der Waals surface area (Å²) < 4.78 is 0. The summed E-state index contributed by atoms with van der Waals surface area (Å²) >= 11 is 0. The van der Waals surface area contributed by atoms with Crippen molar-refractivity contribution in [1.82, 2.24) is 15.5 Å². The number of fused-ring (bicyclic) bond motifs is 1. The van der Waals surface area contributed by atoms with E-state index in [0.29, 0.717) is 12.5 Å². The Hall–Kier alpha value is -0.650. The van der Waals surface area contributed by atoms with Crippen molar-refractivity contribution in [2.45, 2.75) is 26.3 Å². The Morgan fingerprint density at radius 2 is 2.28 bits per heavy atom. The van der Waals surface area contributed by atoms with Gasteiger partial charge < -0.3 is 15.7 Å². The molecule has 0 bridgehead atoms. The van der Waals surface area contributed by atoms with Crippen molar-refractivity contribution in [3.63, 3.8) is 0 Å². The lowest BCUT2D eigenvalue weighted by molar-refractivity contribution is -0.123. The number of amides is 1. The second-order valence-corrected chi connectivity index (χ2v) is 6.82. The van der Waals surface area contributed by atoms with Gasteiger partial charge in [-0.25, -0.2) is 0 Å². The molecule has 1 amide bonds. The van der Waals surface area contributed by atoms with Crippen LogP contribution in [0.15, 0.2) is 0 Å². The second kappa shape index (κ2) is 4.79. The van der Waals surface area contributed by atoms with E-state index in [2.05, 4.69) is 15.5 Å². The molecule has 2 fully saturated rings. The van der Waals surface area contributed by atoms with E-state index >= 15 is 0 Å². The van der Waals surface area contributed by atoms with Crippen LogP contribution in [-0.2, 0) is 4.79 Å². The van der Waals surface area contributed by atoms with Gasteiger partial charge in [-0.2, -0.15) is 0 Å². The molecular formula is C13H25N3O2. The summed E-state index contributed by atoms with van der Waals surface area (Å²) in [6.45, 7) is 10.2. The van der Waals surface area contributed by atoms with Gasteiger partial charge in [-0.05, 0) is 33.2 Å². The van der Waals surface area contributed by atoms with Crippen LogP contribution < -0.4 is 10.6 Å². The van der Waals surface area contributed by atoms with Gasteiger partial charge in [-0.1, -0.05) is 0 Å². The van der Waals surface area contributed by atoms with Crippen LogP contribution in [-0.4, -0.2) is 60.8 Å². The summed E-state index contributed by atoms with van der Waals surface area (Å²) in [6, 6.07) is 0. The minimum Gasteiger partial charge on any atom is -0.396 e. The van der Waals surface area contributed by atoms with E-state index in [1.54, 1.807) is 0 Å². The Bertz CT molecular complexity index is 327. The fourth-order valence-electron chi connectivity index (χ4n) is 3.14. The first-order valence-electron chi connectivity index (χ1n) is 6.70. The number of carbonyl (C=O) groups is 1. The molecule has 0 aromatic rings. The van der Waals surface area contributed by atoms with Crippen molar-refractivity contribution in [3.8, 4) is 0 Å². The highest BCUT2D eigenvalue weighted by Crippen LogP contribution is 2.38. The second-order valence-electron chi connectivity index (χ2n) is 6.82. The predicted octanol–water partition coefficient (Wildman–Crippen LogP) is -0.585. The highest BCUT2D eigenvalue weighted by Gasteiger charge is 2.49. The van der Waals surface area contributed by atoms with Crippen LogP contribution in [0.1, 0.15) is 20.8 Å². The molecule has 104 valence electrons.